The van der Waals surface area contributed by atoms with E-state index in [-0.39, 0.29) is 0 Å². The summed E-state index contributed by atoms with van der Waals surface area (Å²) < 4.78 is 7.77. The van der Waals surface area contributed by atoms with Crippen molar-refractivity contribution in [3.63, 3.8) is 0 Å². The van der Waals surface area contributed by atoms with Crippen molar-refractivity contribution < 1.29 is 4.74 Å². The van der Waals surface area contributed by atoms with Gasteiger partial charge in [-0.25, -0.2) is 9.99 Å². The van der Waals surface area contributed by atoms with Crippen LogP contribution in [0.2, 0.25) is 0 Å². The first kappa shape index (κ1) is 26.6. The third kappa shape index (κ3) is 7.12. The number of nitrogens with one attached hydrogen (secondary N) is 2. The molecule has 37 heavy (non-hydrogen) atoms. The van der Waals surface area contributed by atoms with Gasteiger partial charge in [0.05, 0.1) is 6.33 Å². The molecule has 0 spiro atoms. The van der Waals surface area contributed by atoms with Crippen LogP contribution in [0.25, 0.3) is 11.2 Å². The number of piperidine rings is 1. The van der Waals surface area contributed by atoms with Gasteiger partial charge < -0.3 is 25.8 Å². The molecular formula is C28H48N8O. The molecular weight excluding hydrogens is 464 g/mol. The highest BCUT2D eigenvalue weighted by Crippen LogP contribution is 2.34. The van der Waals surface area contributed by atoms with Crippen LogP contribution < -0.4 is 16.5 Å². The van der Waals surface area contributed by atoms with Gasteiger partial charge in [-0.3, -0.25) is 0 Å². The van der Waals surface area contributed by atoms with E-state index >= 15 is 0 Å². The highest BCUT2D eigenvalue weighted by molar-refractivity contribution is 5.84. The van der Waals surface area contributed by atoms with Gasteiger partial charge in [-0.15, -0.1) is 0 Å². The van der Waals surface area contributed by atoms with E-state index < -0.39 is 0 Å². The van der Waals surface area contributed by atoms with E-state index in [1.165, 1.54) is 64.2 Å². The number of imidazole rings is 1. The second-order valence-electron chi connectivity index (χ2n) is 11.5. The van der Waals surface area contributed by atoms with E-state index in [2.05, 4.69) is 27.2 Å². The summed E-state index contributed by atoms with van der Waals surface area (Å²) in [7, 11) is 0. The summed E-state index contributed by atoms with van der Waals surface area (Å²) in [4.78, 5) is 14.8. The fourth-order valence-electron chi connectivity index (χ4n) is 6.40. The van der Waals surface area contributed by atoms with Gasteiger partial charge in [-0.05, 0) is 70.6 Å². The first-order valence-electron chi connectivity index (χ1n) is 15.1. The predicted octanol–water partition coefficient (Wildman–Crippen LogP) is 5.26. The average Bonchev–Trinajstić information content (AvgIpc) is 3.59. The SMILES string of the molecule is CCOCCCCCC1CCN(Nc2nc(NC3CCC(N)CC3)nc3c2ncn3C2CCCC2)CC1. The molecule has 0 amide bonds. The van der Waals surface area contributed by atoms with Gasteiger partial charge in [-0.2, -0.15) is 9.97 Å². The molecule has 206 valence electrons. The quantitative estimate of drug-likeness (QED) is 0.331. The van der Waals surface area contributed by atoms with Crippen LogP contribution in [-0.4, -0.2) is 62.9 Å². The zero-order valence-corrected chi connectivity index (χ0v) is 22.8. The number of aromatic nitrogens is 4. The number of nitrogens with two attached hydrogens (primary N) is 1. The molecule has 2 aliphatic carbocycles. The van der Waals surface area contributed by atoms with Crippen LogP contribution in [0, 0.1) is 5.92 Å². The largest absolute Gasteiger partial charge is 0.382 e. The van der Waals surface area contributed by atoms with Crippen molar-refractivity contribution in [1.82, 2.24) is 24.5 Å². The van der Waals surface area contributed by atoms with Gasteiger partial charge in [-0.1, -0.05) is 32.1 Å². The van der Waals surface area contributed by atoms with Crippen molar-refractivity contribution in [3.8, 4) is 0 Å². The number of unbranched alkanes of at least 4 members (excludes halogenated alkanes) is 2. The van der Waals surface area contributed by atoms with Crippen molar-refractivity contribution in [1.29, 1.82) is 0 Å². The van der Waals surface area contributed by atoms with Gasteiger partial charge in [0.15, 0.2) is 17.0 Å². The number of anilines is 2. The third-order valence-electron chi connectivity index (χ3n) is 8.73. The lowest BCUT2D eigenvalue weighted by molar-refractivity contribution is 0.141. The van der Waals surface area contributed by atoms with Crippen molar-refractivity contribution in [3.05, 3.63) is 6.33 Å². The molecule has 0 radical (unpaired) electrons. The smallest absolute Gasteiger partial charge is 0.227 e. The van der Waals surface area contributed by atoms with Gasteiger partial charge >= 0.3 is 0 Å². The van der Waals surface area contributed by atoms with Crippen LogP contribution in [0.1, 0.15) is 103 Å². The fourth-order valence-corrected chi connectivity index (χ4v) is 6.40. The topological polar surface area (TPSA) is 106 Å². The minimum absolute atomic E-state index is 0.334. The van der Waals surface area contributed by atoms with Gasteiger partial charge in [0, 0.05) is 44.4 Å². The molecule has 9 heteroatoms. The second kappa shape index (κ2) is 13.2. The van der Waals surface area contributed by atoms with Crippen molar-refractivity contribution in [2.24, 2.45) is 11.7 Å². The lowest BCUT2D eigenvalue weighted by atomic mass is 9.92. The summed E-state index contributed by atoms with van der Waals surface area (Å²) >= 11 is 0. The Kier molecular flexibility index (Phi) is 9.50. The number of ether oxygens (including phenoxy) is 1. The summed E-state index contributed by atoms with van der Waals surface area (Å²) in [6, 6.07) is 1.22. The maximum Gasteiger partial charge on any atom is 0.227 e. The standard InChI is InChI=1S/C28H48N8O/c1-2-37-19-7-3-4-8-21-15-17-35(18-16-21)34-26-25-27(36(20-30-25)24-9-5-6-10-24)33-28(32-26)31-23-13-11-22(29)12-14-23/h20-24H,2-19,29H2,1H3,(H2,31,32,33,34). The minimum Gasteiger partial charge on any atom is -0.382 e. The maximum atomic E-state index is 6.14. The number of nitrogens with zero attached hydrogens (tertiary/aromatic N) is 5. The fraction of sp³-hybridized carbons (Fsp3) is 0.821. The Labute approximate surface area is 222 Å². The second-order valence-corrected chi connectivity index (χ2v) is 11.5. The summed E-state index contributed by atoms with van der Waals surface area (Å²) in [6.45, 7) is 5.90. The van der Waals surface area contributed by atoms with Gasteiger partial charge in [0.2, 0.25) is 5.95 Å². The average molecular weight is 513 g/mol. The predicted molar refractivity (Wildman–Crippen MR) is 150 cm³/mol. The molecule has 4 N–H and O–H groups in total. The van der Waals surface area contributed by atoms with Crippen molar-refractivity contribution in [2.75, 3.05) is 37.0 Å². The Morgan fingerprint density at radius 2 is 1.76 bits per heavy atom. The van der Waals surface area contributed by atoms with E-state index in [1.54, 1.807) is 0 Å². The van der Waals surface area contributed by atoms with Crippen molar-refractivity contribution in [2.45, 2.75) is 115 Å². The molecule has 1 saturated heterocycles. The Morgan fingerprint density at radius 1 is 0.973 bits per heavy atom. The normalized spacial score (nSPS) is 24.2. The van der Waals surface area contributed by atoms with Gasteiger partial charge in [0.1, 0.15) is 0 Å². The lowest BCUT2D eigenvalue weighted by Gasteiger charge is -2.32. The minimum atomic E-state index is 0.334. The van der Waals surface area contributed by atoms with Crippen LogP contribution in [0.3, 0.4) is 0 Å². The summed E-state index contributed by atoms with van der Waals surface area (Å²) in [5.74, 6) is 2.38. The number of hydrogen-bond acceptors (Lipinski definition) is 8. The van der Waals surface area contributed by atoms with E-state index in [0.717, 1.165) is 80.8 Å². The molecule has 2 aromatic heterocycles. The number of hydrazine groups is 1. The first-order valence-corrected chi connectivity index (χ1v) is 15.1. The highest BCUT2D eigenvalue weighted by atomic mass is 16.5. The zero-order valence-electron chi connectivity index (χ0n) is 22.8. The molecule has 5 rings (SSSR count). The van der Waals surface area contributed by atoms with Gasteiger partial charge in [0.25, 0.3) is 0 Å². The van der Waals surface area contributed by atoms with Crippen LogP contribution in [-0.2, 0) is 4.74 Å². The summed E-state index contributed by atoms with van der Waals surface area (Å²) in [5, 5.41) is 5.98. The van der Waals surface area contributed by atoms with E-state index in [9.17, 15) is 0 Å². The maximum absolute atomic E-state index is 6.14. The van der Waals surface area contributed by atoms with Crippen LogP contribution >= 0.6 is 0 Å². The molecule has 0 unspecified atom stereocenters. The Morgan fingerprint density at radius 3 is 2.51 bits per heavy atom. The summed E-state index contributed by atoms with van der Waals surface area (Å²) in [5.41, 5.74) is 11.6. The monoisotopic (exact) mass is 512 g/mol. The van der Waals surface area contributed by atoms with Crippen LogP contribution in [0.5, 0.6) is 0 Å². The molecule has 3 heterocycles. The number of fused-ring (bicyclic) bond motifs is 1. The molecule has 3 aliphatic rings. The van der Waals surface area contributed by atoms with Crippen LogP contribution in [0.15, 0.2) is 6.33 Å². The van der Waals surface area contributed by atoms with Crippen molar-refractivity contribution >= 4 is 22.9 Å². The van der Waals surface area contributed by atoms with E-state index in [0.29, 0.717) is 18.1 Å². The Hall–Kier alpha value is -1.97. The first-order chi connectivity index (χ1) is 18.2. The Balaban J connectivity index is 1.23. The molecule has 2 saturated carbocycles. The van der Waals surface area contributed by atoms with E-state index in [4.69, 9.17) is 25.4 Å². The molecule has 0 aromatic carbocycles. The summed E-state index contributed by atoms with van der Waals surface area (Å²) in [6.07, 6.45) is 18.8. The molecule has 0 bridgehead atoms. The number of rotatable bonds is 12. The molecule has 2 aromatic rings. The molecule has 3 fully saturated rings. The molecule has 9 nitrogen and oxygen atoms in total. The Bertz CT molecular complexity index is 958. The molecule has 0 atom stereocenters. The van der Waals surface area contributed by atoms with E-state index in [1.807, 2.05) is 6.33 Å². The number of hydrogen-bond donors (Lipinski definition) is 3. The molecule has 1 aliphatic heterocycles. The third-order valence-corrected chi connectivity index (χ3v) is 8.73. The highest BCUT2D eigenvalue weighted by Gasteiger charge is 2.25. The van der Waals surface area contributed by atoms with Crippen LogP contribution in [0.4, 0.5) is 11.8 Å². The lowest BCUT2D eigenvalue weighted by Crippen LogP contribution is -2.38. The zero-order chi connectivity index (χ0) is 25.5.